The Kier molecular flexibility index (Phi) is 6.21. The maximum Gasteiger partial charge on any atom is 0.268 e. The van der Waals surface area contributed by atoms with Crippen molar-refractivity contribution >= 4 is 9.84 Å². The number of aromatic nitrogens is 4. The van der Waals surface area contributed by atoms with Gasteiger partial charge in [-0.25, -0.2) is 13.4 Å². The van der Waals surface area contributed by atoms with E-state index in [1.165, 1.54) is 12.0 Å². The third-order valence-electron chi connectivity index (χ3n) is 6.30. The second-order valence-corrected chi connectivity index (χ2v) is 11.5. The van der Waals surface area contributed by atoms with Crippen LogP contribution in [-0.4, -0.2) is 40.4 Å². The highest BCUT2D eigenvalue weighted by Gasteiger charge is 2.20. The maximum atomic E-state index is 12.4. The Balaban J connectivity index is 0.00000190. The minimum Gasteiger partial charge on any atom is -0.415 e. The lowest BCUT2D eigenvalue weighted by Gasteiger charge is -2.10. The SMILES string of the molecule is Cc1ncc(-c2ccc(S(=O)(=O)C(C)C)cc2)nc1-c1nnc(-c2ccc(C3CCCN3)cc2)o1.[HH].[HH]. The monoisotopic (exact) mass is 493 g/mol. The van der Waals surface area contributed by atoms with Gasteiger partial charge in [0.25, 0.3) is 5.89 Å². The van der Waals surface area contributed by atoms with E-state index in [9.17, 15) is 8.42 Å². The molecule has 2 aromatic carbocycles. The molecule has 2 aromatic heterocycles. The average Bonchev–Trinajstić information content (AvgIpc) is 3.57. The molecule has 5 rings (SSSR count). The van der Waals surface area contributed by atoms with Crippen LogP contribution in [0.25, 0.3) is 34.3 Å². The van der Waals surface area contributed by atoms with E-state index in [0.29, 0.717) is 29.0 Å². The van der Waals surface area contributed by atoms with E-state index in [0.717, 1.165) is 24.1 Å². The summed E-state index contributed by atoms with van der Waals surface area (Å²) in [7, 11) is -3.34. The van der Waals surface area contributed by atoms with Crippen LogP contribution in [0, 0.1) is 6.92 Å². The van der Waals surface area contributed by atoms with Crippen LogP contribution in [0.15, 0.2) is 64.0 Å². The number of hydrogen-bond donors (Lipinski definition) is 1. The molecule has 0 saturated carbocycles. The molecule has 0 spiro atoms. The molecule has 1 unspecified atom stereocenters. The van der Waals surface area contributed by atoms with Crippen LogP contribution in [0.4, 0.5) is 0 Å². The molecule has 184 valence electrons. The number of benzene rings is 2. The average molecular weight is 494 g/mol. The molecule has 1 aliphatic heterocycles. The first kappa shape index (κ1) is 23.3. The summed E-state index contributed by atoms with van der Waals surface area (Å²) in [6.45, 7) is 6.22. The number of nitrogens with zero attached hydrogens (tertiary/aromatic N) is 4. The molecule has 1 fully saturated rings. The molecule has 1 atom stereocenters. The van der Waals surface area contributed by atoms with Gasteiger partial charge < -0.3 is 9.73 Å². The van der Waals surface area contributed by atoms with Crippen LogP contribution in [0.1, 0.15) is 46.8 Å². The zero-order chi connectivity index (χ0) is 24.6. The van der Waals surface area contributed by atoms with E-state index < -0.39 is 15.1 Å². The lowest BCUT2D eigenvalue weighted by Crippen LogP contribution is -2.13. The van der Waals surface area contributed by atoms with Crippen molar-refractivity contribution in [2.24, 2.45) is 0 Å². The molecule has 35 heavy (non-hydrogen) atoms. The minimum atomic E-state index is -3.34. The molecule has 4 aromatic rings. The minimum absolute atomic E-state index is 0. The fraction of sp³-hybridized carbons (Fsp3) is 0.308. The third-order valence-corrected chi connectivity index (χ3v) is 8.47. The zero-order valence-corrected chi connectivity index (χ0v) is 20.7. The first-order chi connectivity index (χ1) is 16.8. The second kappa shape index (κ2) is 9.31. The van der Waals surface area contributed by atoms with Crippen LogP contribution in [-0.2, 0) is 9.84 Å². The van der Waals surface area contributed by atoms with E-state index in [1.807, 2.05) is 19.1 Å². The van der Waals surface area contributed by atoms with Gasteiger partial charge in [0.15, 0.2) is 9.84 Å². The molecular weight excluding hydrogens is 462 g/mol. The summed E-state index contributed by atoms with van der Waals surface area (Å²) >= 11 is 0. The number of rotatable bonds is 6. The fourth-order valence-electron chi connectivity index (χ4n) is 4.14. The largest absolute Gasteiger partial charge is 0.415 e. The van der Waals surface area contributed by atoms with Gasteiger partial charge in [-0.3, -0.25) is 4.98 Å². The number of nitrogens with one attached hydrogen (secondary N) is 1. The molecule has 1 aliphatic rings. The molecule has 0 amide bonds. The first-order valence-corrected chi connectivity index (χ1v) is 13.2. The van der Waals surface area contributed by atoms with E-state index in [1.54, 1.807) is 44.3 Å². The lowest BCUT2D eigenvalue weighted by molar-refractivity contribution is 0.581. The molecule has 0 radical (unpaired) electrons. The predicted octanol–water partition coefficient (Wildman–Crippen LogP) is 5.27. The van der Waals surface area contributed by atoms with Crippen LogP contribution >= 0.6 is 0 Å². The van der Waals surface area contributed by atoms with Gasteiger partial charge in [0.2, 0.25) is 5.89 Å². The fourth-order valence-corrected chi connectivity index (χ4v) is 5.20. The number of hydrogen-bond acceptors (Lipinski definition) is 8. The summed E-state index contributed by atoms with van der Waals surface area (Å²) in [6.07, 6.45) is 3.99. The van der Waals surface area contributed by atoms with Crippen molar-refractivity contribution < 1.29 is 15.7 Å². The van der Waals surface area contributed by atoms with E-state index >= 15 is 0 Å². The van der Waals surface area contributed by atoms with Gasteiger partial charge in [-0.05, 0) is 70.0 Å². The highest BCUT2D eigenvalue weighted by atomic mass is 32.2. The number of aryl methyl sites for hydroxylation is 1. The van der Waals surface area contributed by atoms with Crippen molar-refractivity contribution in [1.82, 2.24) is 25.5 Å². The first-order valence-electron chi connectivity index (χ1n) is 11.7. The molecule has 1 saturated heterocycles. The van der Waals surface area contributed by atoms with Gasteiger partial charge >= 0.3 is 0 Å². The van der Waals surface area contributed by atoms with E-state index in [4.69, 9.17) is 9.40 Å². The van der Waals surface area contributed by atoms with Crippen molar-refractivity contribution in [2.45, 2.75) is 49.8 Å². The van der Waals surface area contributed by atoms with Crippen LogP contribution < -0.4 is 5.32 Å². The van der Waals surface area contributed by atoms with Crippen molar-refractivity contribution in [1.29, 1.82) is 0 Å². The lowest BCUT2D eigenvalue weighted by atomic mass is 10.0. The normalized spacial score (nSPS) is 16.2. The second-order valence-electron chi connectivity index (χ2n) is 8.99. The molecule has 0 aliphatic carbocycles. The summed E-state index contributed by atoms with van der Waals surface area (Å²) in [6, 6.07) is 15.2. The van der Waals surface area contributed by atoms with Gasteiger partial charge in [-0.1, -0.05) is 24.3 Å². The Bertz CT molecular complexity index is 1450. The van der Waals surface area contributed by atoms with Crippen LogP contribution in [0.5, 0.6) is 0 Å². The molecule has 3 heterocycles. The third kappa shape index (κ3) is 4.61. The molecule has 1 N–H and O–H groups in total. The van der Waals surface area contributed by atoms with Crippen LogP contribution in [0.2, 0.25) is 0 Å². The summed E-state index contributed by atoms with van der Waals surface area (Å²) in [5.74, 6) is 0.702. The van der Waals surface area contributed by atoms with Gasteiger partial charge in [0.1, 0.15) is 5.69 Å². The van der Waals surface area contributed by atoms with Crippen molar-refractivity contribution in [2.75, 3.05) is 6.54 Å². The smallest absolute Gasteiger partial charge is 0.268 e. The molecule has 8 nitrogen and oxygen atoms in total. The molecule has 9 heteroatoms. The van der Waals surface area contributed by atoms with Gasteiger partial charge in [-0.2, -0.15) is 0 Å². The quantitative estimate of drug-likeness (QED) is 0.387. The Hall–Kier alpha value is -3.43. The van der Waals surface area contributed by atoms with Crippen LogP contribution in [0.3, 0.4) is 0 Å². The highest BCUT2D eigenvalue weighted by Crippen LogP contribution is 2.29. The summed E-state index contributed by atoms with van der Waals surface area (Å²) < 4.78 is 30.8. The van der Waals surface area contributed by atoms with Crippen molar-refractivity contribution in [3.63, 3.8) is 0 Å². The maximum absolute atomic E-state index is 12.4. The number of sulfone groups is 1. The standard InChI is InChI=1S/C26H27N5O3S.2H2/c1-16(2)35(32,33)21-12-10-19(11-13-21)23-15-28-17(3)24(29-23)26-31-30-25(34-26)20-8-6-18(7-9-20)22-5-4-14-27-22;;/h6-13,15-16,22,27H,4-5,14H2,1-3H3;2*1H. The van der Waals surface area contributed by atoms with E-state index in [2.05, 4.69) is 32.6 Å². The Morgan fingerprint density at radius 2 is 1.69 bits per heavy atom. The molecule has 0 bridgehead atoms. The Morgan fingerprint density at radius 1 is 1.00 bits per heavy atom. The van der Waals surface area contributed by atoms with Crippen molar-refractivity contribution in [3.8, 4) is 34.3 Å². The Labute approximate surface area is 207 Å². The van der Waals surface area contributed by atoms with Gasteiger partial charge in [-0.15, -0.1) is 10.2 Å². The Morgan fingerprint density at radius 3 is 2.34 bits per heavy atom. The van der Waals surface area contributed by atoms with Crippen molar-refractivity contribution in [3.05, 3.63) is 66.0 Å². The van der Waals surface area contributed by atoms with E-state index in [-0.39, 0.29) is 13.6 Å². The zero-order valence-electron chi connectivity index (χ0n) is 19.9. The van der Waals surface area contributed by atoms with Gasteiger partial charge in [0.05, 0.1) is 27.7 Å². The predicted molar refractivity (Wildman–Crippen MR) is 137 cm³/mol. The summed E-state index contributed by atoms with van der Waals surface area (Å²) in [5, 5.41) is 11.5. The summed E-state index contributed by atoms with van der Waals surface area (Å²) in [5.41, 5.74) is 4.59. The highest BCUT2D eigenvalue weighted by molar-refractivity contribution is 7.92. The van der Waals surface area contributed by atoms with Gasteiger partial charge in [0, 0.05) is 20.0 Å². The molecular formula is C26H31N5O3S. The summed E-state index contributed by atoms with van der Waals surface area (Å²) in [4.78, 5) is 9.44. The topological polar surface area (TPSA) is 111 Å².